The molecule has 0 bridgehead atoms. The number of rotatable bonds is 8. The average Bonchev–Trinajstić information content (AvgIpc) is 2.43. The van der Waals surface area contributed by atoms with Gasteiger partial charge >= 0.3 is 0 Å². The molecule has 1 rings (SSSR count). The van der Waals surface area contributed by atoms with Crippen LogP contribution in [0.15, 0.2) is 0 Å². The molecule has 1 atom stereocenters. The van der Waals surface area contributed by atoms with E-state index in [1.165, 1.54) is 19.3 Å². The normalized spacial score (nSPS) is 20.6. The molecule has 20 heavy (non-hydrogen) atoms. The largest absolute Gasteiger partial charge is 0.352 e. The van der Waals surface area contributed by atoms with E-state index in [9.17, 15) is 4.79 Å². The second-order valence-electron chi connectivity index (χ2n) is 6.26. The van der Waals surface area contributed by atoms with Crippen molar-refractivity contribution < 1.29 is 4.79 Å². The SMILES string of the molecule is CCC(CC)NC(=O)CN1CCCCC1CNC(C)C. The van der Waals surface area contributed by atoms with E-state index < -0.39 is 0 Å². The lowest BCUT2D eigenvalue weighted by atomic mass is 10.0. The summed E-state index contributed by atoms with van der Waals surface area (Å²) in [5.41, 5.74) is 0. The lowest BCUT2D eigenvalue weighted by molar-refractivity contribution is -0.123. The Morgan fingerprint density at radius 1 is 1.25 bits per heavy atom. The Labute approximate surface area is 124 Å². The zero-order valence-electron chi connectivity index (χ0n) is 13.7. The molecule has 1 aliphatic heterocycles. The summed E-state index contributed by atoms with van der Waals surface area (Å²) in [5, 5.41) is 6.66. The first kappa shape index (κ1) is 17.4. The smallest absolute Gasteiger partial charge is 0.234 e. The fraction of sp³-hybridized carbons (Fsp3) is 0.938. The molecule has 0 saturated carbocycles. The van der Waals surface area contributed by atoms with Gasteiger partial charge < -0.3 is 10.6 Å². The number of carbonyl (C=O) groups is 1. The van der Waals surface area contributed by atoms with Crippen LogP contribution in [0.5, 0.6) is 0 Å². The van der Waals surface area contributed by atoms with E-state index in [0.29, 0.717) is 24.7 Å². The summed E-state index contributed by atoms with van der Waals surface area (Å²) in [6.07, 6.45) is 5.74. The van der Waals surface area contributed by atoms with Crippen LogP contribution in [0, 0.1) is 0 Å². The molecule has 1 saturated heterocycles. The topological polar surface area (TPSA) is 44.4 Å². The molecule has 4 heteroatoms. The maximum atomic E-state index is 12.1. The highest BCUT2D eigenvalue weighted by Gasteiger charge is 2.24. The molecule has 4 nitrogen and oxygen atoms in total. The van der Waals surface area contributed by atoms with Crippen LogP contribution < -0.4 is 10.6 Å². The standard InChI is InChI=1S/C16H33N3O/c1-5-14(6-2)18-16(20)12-19-10-8-7-9-15(19)11-17-13(3)4/h13-15,17H,5-12H2,1-4H3,(H,18,20). The summed E-state index contributed by atoms with van der Waals surface area (Å²) in [7, 11) is 0. The van der Waals surface area contributed by atoms with Gasteiger partial charge in [-0.05, 0) is 32.2 Å². The van der Waals surface area contributed by atoms with E-state index in [2.05, 4.69) is 43.2 Å². The minimum atomic E-state index is 0.190. The van der Waals surface area contributed by atoms with Crippen LogP contribution in [0.2, 0.25) is 0 Å². The average molecular weight is 283 g/mol. The van der Waals surface area contributed by atoms with Gasteiger partial charge in [0.25, 0.3) is 0 Å². The molecule has 118 valence electrons. The predicted octanol–water partition coefficient (Wildman–Crippen LogP) is 2.14. The van der Waals surface area contributed by atoms with Gasteiger partial charge in [0.1, 0.15) is 0 Å². The minimum Gasteiger partial charge on any atom is -0.352 e. The molecule has 2 N–H and O–H groups in total. The van der Waals surface area contributed by atoms with Crippen LogP contribution in [-0.4, -0.2) is 48.6 Å². The lowest BCUT2D eigenvalue weighted by Gasteiger charge is -2.36. The third-order valence-electron chi connectivity index (χ3n) is 4.21. The predicted molar refractivity (Wildman–Crippen MR) is 84.9 cm³/mol. The third-order valence-corrected chi connectivity index (χ3v) is 4.21. The number of nitrogens with zero attached hydrogens (tertiary/aromatic N) is 1. The number of hydrogen-bond acceptors (Lipinski definition) is 3. The zero-order valence-corrected chi connectivity index (χ0v) is 13.7. The first-order valence-corrected chi connectivity index (χ1v) is 8.33. The molecule has 1 aliphatic rings. The second-order valence-corrected chi connectivity index (χ2v) is 6.26. The lowest BCUT2D eigenvalue weighted by Crippen LogP contribution is -2.51. The van der Waals surface area contributed by atoms with Crippen molar-refractivity contribution in [3.8, 4) is 0 Å². The highest BCUT2D eigenvalue weighted by Crippen LogP contribution is 2.16. The molecule has 0 aromatic heterocycles. The Bertz CT molecular complexity index is 277. The Morgan fingerprint density at radius 2 is 1.95 bits per heavy atom. The number of amides is 1. The Hall–Kier alpha value is -0.610. The van der Waals surface area contributed by atoms with Crippen molar-refractivity contribution in [3.63, 3.8) is 0 Å². The highest BCUT2D eigenvalue weighted by molar-refractivity contribution is 5.78. The van der Waals surface area contributed by atoms with E-state index in [0.717, 1.165) is 25.9 Å². The van der Waals surface area contributed by atoms with Gasteiger partial charge in [0.05, 0.1) is 6.54 Å². The fourth-order valence-electron chi connectivity index (χ4n) is 2.82. The van der Waals surface area contributed by atoms with Crippen molar-refractivity contribution in [1.29, 1.82) is 0 Å². The van der Waals surface area contributed by atoms with Crippen molar-refractivity contribution in [2.45, 2.75) is 77.9 Å². The van der Waals surface area contributed by atoms with Gasteiger partial charge in [-0.2, -0.15) is 0 Å². The molecule has 0 spiro atoms. The number of hydrogen-bond donors (Lipinski definition) is 2. The number of likely N-dealkylation sites (tertiary alicyclic amines) is 1. The van der Waals surface area contributed by atoms with Crippen molar-refractivity contribution in [3.05, 3.63) is 0 Å². The number of nitrogens with one attached hydrogen (secondary N) is 2. The maximum Gasteiger partial charge on any atom is 0.234 e. The van der Waals surface area contributed by atoms with Crippen molar-refractivity contribution in [1.82, 2.24) is 15.5 Å². The van der Waals surface area contributed by atoms with Gasteiger partial charge in [-0.25, -0.2) is 0 Å². The maximum absolute atomic E-state index is 12.1. The number of piperidine rings is 1. The quantitative estimate of drug-likeness (QED) is 0.717. The molecular formula is C16H33N3O. The first-order chi connectivity index (χ1) is 9.56. The van der Waals surface area contributed by atoms with Crippen LogP contribution in [0.25, 0.3) is 0 Å². The van der Waals surface area contributed by atoms with E-state index in [1.54, 1.807) is 0 Å². The van der Waals surface area contributed by atoms with Gasteiger partial charge in [0, 0.05) is 24.7 Å². The van der Waals surface area contributed by atoms with Crippen LogP contribution in [0.1, 0.15) is 59.8 Å². The molecule has 1 heterocycles. The molecule has 1 fully saturated rings. The summed E-state index contributed by atoms with van der Waals surface area (Å²) in [6.45, 7) is 11.2. The summed E-state index contributed by atoms with van der Waals surface area (Å²) < 4.78 is 0. The van der Waals surface area contributed by atoms with Crippen LogP contribution in [-0.2, 0) is 4.79 Å². The van der Waals surface area contributed by atoms with Crippen LogP contribution in [0.4, 0.5) is 0 Å². The summed E-state index contributed by atoms with van der Waals surface area (Å²) >= 11 is 0. The summed E-state index contributed by atoms with van der Waals surface area (Å²) in [4.78, 5) is 14.5. The van der Waals surface area contributed by atoms with E-state index in [4.69, 9.17) is 0 Å². The molecule has 0 aromatic carbocycles. The van der Waals surface area contributed by atoms with E-state index in [-0.39, 0.29) is 5.91 Å². The molecule has 0 aliphatic carbocycles. The van der Waals surface area contributed by atoms with Gasteiger partial charge in [-0.15, -0.1) is 0 Å². The van der Waals surface area contributed by atoms with Crippen molar-refractivity contribution in [2.75, 3.05) is 19.6 Å². The van der Waals surface area contributed by atoms with Crippen molar-refractivity contribution in [2.24, 2.45) is 0 Å². The summed E-state index contributed by atoms with van der Waals surface area (Å²) in [6, 6.07) is 1.36. The molecule has 0 aromatic rings. The Morgan fingerprint density at radius 3 is 2.55 bits per heavy atom. The van der Waals surface area contributed by atoms with Crippen LogP contribution >= 0.6 is 0 Å². The highest BCUT2D eigenvalue weighted by atomic mass is 16.2. The van der Waals surface area contributed by atoms with Crippen molar-refractivity contribution >= 4 is 5.91 Å². The minimum absolute atomic E-state index is 0.190. The zero-order chi connectivity index (χ0) is 15.0. The third kappa shape index (κ3) is 6.23. The molecular weight excluding hydrogens is 250 g/mol. The van der Waals surface area contributed by atoms with Gasteiger partial charge in [-0.3, -0.25) is 9.69 Å². The molecule has 1 amide bonds. The summed E-state index contributed by atoms with van der Waals surface area (Å²) in [5.74, 6) is 0.190. The molecule has 1 unspecified atom stereocenters. The molecule has 0 radical (unpaired) electrons. The Kier molecular flexibility index (Phi) is 8.15. The van der Waals surface area contributed by atoms with Gasteiger partial charge in [0.2, 0.25) is 5.91 Å². The first-order valence-electron chi connectivity index (χ1n) is 8.33. The van der Waals surface area contributed by atoms with E-state index in [1.807, 2.05) is 0 Å². The van der Waals surface area contributed by atoms with E-state index >= 15 is 0 Å². The fourth-order valence-corrected chi connectivity index (χ4v) is 2.82. The number of carbonyl (C=O) groups excluding carboxylic acids is 1. The van der Waals surface area contributed by atoms with Gasteiger partial charge in [0.15, 0.2) is 0 Å². The van der Waals surface area contributed by atoms with Gasteiger partial charge in [-0.1, -0.05) is 34.1 Å². The second kappa shape index (κ2) is 9.35. The van der Waals surface area contributed by atoms with Crippen LogP contribution in [0.3, 0.4) is 0 Å². The monoisotopic (exact) mass is 283 g/mol. The Balaban J connectivity index is 2.42.